The molecule has 0 N–H and O–H groups in total. The molecular weight excluding hydrogens is 451 g/mol. The lowest BCUT2D eigenvalue weighted by atomic mass is 9.77. The van der Waals surface area contributed by atoms with Crippen molar-refractivity contribution in [2.24, 2.45) is 11.8 Å². The van der Waals surface area contributed by atoms with E-state index in [2.05, 4.69) is 37.3 Å². The van der Waals surface area contributed by atoms with Gasteiger partial charge in [0.25, 0.3) is 0 Å². The van der Waals surface area contributed by atoms with E-state index in [1.165, 1.54) is 81.8 Å². The minimum Gasteiger partial charge on any atom is -0.206 e. The van der Waals surface area contributed by atoms with Crippen LogP contribution in [0.1, 0.15) is 81.4 Å². The van der Waals surface area contributed by atoms with Gasteiger partial charge in [0.05, 0.1) is 0 Å². The number of rotatable bonds is 11. The highest BCUT2D eigenvalue weighted by Crippen LogP contribution is 2.34. The summed E-state index contributed by atoms with van der Waals surface area (Å²) in [6, 6.07) is 22.5. The van der Waals surface area contributed by atoms with Crippen molar-refractivity contribution in [3.05, 3.63) is 94.3 Å². The van der Waals surface area contributed by atoms with Gasteiger partial charge in [-0.15, -0.1) is 0 Å². The van der Waals surface area contributed by atoms with Gasteiger partial charge in [-0.1, -0.05) is 106 Å². The predicted molar refractivity (Wildman–Crippen MR) is 149 cm³/mol. The van der Waals surface area contributed by atoms with E-state index in [1.807, 2.05) is 30.3 Å². The van der Waals surface area contributed by atoms with E-state index in [0.717, 1.165) is 29.4 Å². The number of unbranched alkanes of at least 4 members (excludes halogenated alkanes) is 2. The van der Waals surface area contributed by atoms with E-state index in [4.69, 9.17) is 11.6 Å². The molecule has 1 aliphatic carbocycles. The number of hydrogen-bond acceptors (Lipinski definition) is 0. The molecule has 0 unspecified atom stereocenters. The maximum atomic E-state index is 14.7. The van der Waals surface area contributed by atoms with Gasteiger partial charge in [-0.3, -0.25) is 0 Å². The molecule has 0 saturated heterocycles. The maximum absolute atomic E-state index is 14.7. The average molecular weight is 491 g/mol. The Morgan fingerprint density at radius 2 is 1.23 bits per heavy atom. The zero-order valence-electron chi connectivity index (χ0n) is 21.2. The summed E-state index contributed by atoms with van der Waals surface area (Å²) in [6.07, 6.45) is 15.2. The molecule has 0 aliphatic heterocycles. The molecule has 0 heterocycles. The van der Waals surface area contributed by atoms with Crippen LogP contribution in [0.15, 0.2) is 66.7 Å². The quantitative estimate of drug-likeness (QED) is 0.234. The Kier molecular flexibility index (Phi) is 9.83. The van der Waals surface area contributed by atoms with E-state index < -0.39 is 0 Å². The van der Waals surface area contributed by atoms with Crippen molar-refractivity contribution in [2.75, 3.05) is 0 Å². The molecule has 2 heteroatoms. The number of aryl methyl sites for hydroxylation is 3. The van der Waals surface area contributed by atoms with Crippen molar-refractivity contribution in [3.8, 4) is 11.1 Å². The number of halogens is 2. The molecule has 0 bridgehead atoms. The molecule has 0 radical (unpaired) electrons. The first-order chi connectivity index (χ1) is 17.1. The third kappa shape index (κ3) is 7.94. The fraction of sp³-hybridized carbons (Fsp3) is 0.455. The van der Waals surface area contributed by atoms with Crippen LogP contribution in [0.2, 0.25) is 5.02 Å². The summed E-state index contributed by atoms with van der Waals surface area (Å²) in [4.78, 5) is 0. The number of benzene rings is 3. The zero-order valence-corrected chi connectivity index (χ0v) is 22.0. The summed E-state index contributed by atoms with van der Waals surface area (Å²) < 4.78 is 14.7. The van der Waals surface area contributed by atoms with Crippen LogP contribution in [0.4, 0.5) is 4.39 Å². The summed E-state index contributed by atoms with van der Waals surface area (Å²) in [7, 11) is 0. The second-order valence-corrected chi connectivity index (χ2v) is 11.0. The highest BCUT2D eigenvalue weighted by molar-refractivity contribution is 6.30. The van der Waals surface area contributed by atoms with Gasteiger partial charge in [0.15, 0.2) is 0 Å². The third-order valence-electron chi connectivity index (χ3n) is 7.93. The third-order valence-corrected chi connectivity index (χ3v) is 8.18. The van der Waals surface area contributed by atoms with E-state index >= 15 is 0 Å². The van der Waals surface area contributed by atoms with Crippen molar-refractivity contribution in [3.63, 3.8) is 0 Å². The van der Waals surface area contributed by atoms with Crippen molar-refractivity contribution in [2.45, 2.75) is 84.0 Å². The molecule has 1 aliphatic rings. The fourth-order valence-electron chi connectivity index (χ4n) is 5.58. The molecule has 35 heavy (non-hydrogen) atoms. The van der Waals surface area contributed by atoms with Gasteiger partial charge in [0.2, 0.25) is 0 Å². The molecule has 1 saturated carbocycles. The smallest absolute Gasteiger partial charge is 0.131 e. The topological polar surface area (TPSA) is 0 Å². The van der Waals surface area contributed by atoms with Crippen LogP contribution < -0.4 is 0 Å². The predicted octanol–water partition coefficient (Wildman–Crippen LogP) is 10.3. The molecule has 0 aromatic heterocycles. The summed E-state index contributed by atoms with van der Waals surface area (Å²) >= 11 is 5.96. The van der Waals surface area contributed by atoms with Crippen molar-refractivity contribution in [1.29, 1.82) is 0 Å². The lowest BCUT2D eigenvalue weighted by Crippen LogP contribution is -2.15. The minimum absolute atomic E-state index is 0.137. The first-order valence-electron chi connectivity index (χ1n) is 13.7. The second-order valence-electron chi connectivity index (χ2n) is 10.6. The van der Waals surface area contributed by atoms with E-state index in [9.17, 15) is 4.39 Å². The summed E-state index contributed by atoms with van der Waals surface area (Å²) in [5.41, 5.74) is 5.62. The lowest BCUT2D eigenvalue weighted by molar-refractivity contribution is 0.253. The molecule has 186 valence electrons. The van der Waals surface area contributed by atoms with Crippen LogP contribution in [0, 0.1) is 17.7 Å². The normalized spacial score (nSPS) is 18.0. The van der Waals surface area contributed by atoms with Crippen molar-refractivity contribution in [1.82, 2.24) is 0 Å². The highest BCUT2D eigenvalue weighted by Gasteiger charge is 2.21. The largest absolute Gasteiger partial charge is 0.206 e. The van der Waals surface area contributed by atoms with Crippen LogP contribution in [0.25, 0.3) is 11.1 Å². The first kappa shape index (κ1) is 26.0. The van der Waals surface area contributed by atoms with Crippen LogP contribution in [0.5, 0.6) is 0 Å². The number of hydrogen-bond donors (Lipinski definition) is 0. The van der Waals surface area contributed by atoms with E-state index in [0.29, 0.717) is 10.6 Å². The molecule has 0 spiro atoms. The Morgan fingerprint density at radius 3 is 1.80 bits per heavy atom. The second kappa shape index (κ2) is 13.3. The monoisotopic (exact) mass is 490 g/mol. The van der Waals surface area contributed by atoms with Crippen LogP contribution in [-0.4, -0.2) is 0 Å². The SMILES string of the molecule is CCCCCc1ccc(CC[C@H]2CC[C@H](CCc3ccc(-c4ccc(Cl)cc4)c(F)c3)CC2)cc1. The molecule has 0 amide bonds. The Hall–Kier alpha value is -2.12. The van der Waals surface area contributed by atoms with Gasteiger partial charge in [-0.25, -0.2) is 4.39 Å². The molecule has 4 rings (SSSR count). The van der Waals surface area contributed by atoms with Gasteiger partial charge < -0.3 is 0 Å². The highest BCUT2D eigenvalue weighted by atomic mass is 35.5. The van der Waals surface area contributed by atoms with Crippen molar-refractivity contribution >= 4 is 11.6 Å². The standard InChI is InChI=1S/C33H40ClF/c1-2-3-4-5-25-6-8-26(9-7-25)10-11-27-12-14-28(15-13-27)16-17-29-18-23-32(33(35)24-29)30-19-21-31(34)22-20-30/h6-9,18-24,27-28H,2-5,10-17H2,1H3/t27-,28-. The van der Waals surface area contributed by atoms with Crippen LogP contribution in [0.3, 0.4) is 0 Å². The fourth-order valence-corrected chi connectivity index (χ4v) is 5.71. The zero-order chi connectivity index (χ0) is 24.5. The van der Waals surface area contributed by atoms with Gasteiger partial charge in [0, 0.05) is 10.6 Å². The van der Waals surface area contributed by atoms with Gasteiger partial charge in [-0.2, -0.15) is 0 Å². The molecular formula is C33H40ClF. The van der Waals surface area contributed by atoms with E-state index in [-0.39, 0.29) is 5.82 Å². The summed E-state index contributed by atoms with van der Waals surface area (Å²) in [5, 5.41) is 0.673. The first-order valence-corrected chi connectivity index (χ1v) is 14.1. The lowest BCUT2D eigenvalue weighted by Gasteiger charge is -2.28. The average Bonchev–Trinajstić information content (AvgIpc) is 2.88. The molecule has 0 nitrogen and oxygen atoms in total. The van der Waals surface area contributed by atoms with Gasteiger partial charge in [0.1, 0.15) is 5.82 Å². The van der Waals surface area contributed by atoms with Crippen LogP contribution in [-0.2, 0) is 19.3 Å². The molecule has 1 fully saturated rings. The molecule has 3 aromatic rings. The Balaban J connectivity index is 1.17. The van der Waals surface area contributed by atoms with Gasteiger partial charge >= 0.3 is 0 Å². The van der Waals surface area contributed by atoms with E-state index in [1.54, 1.807) is 6.07 Å². The minimum atomic E-state index is -0.137. The van der Waals surface area contributed by atoms with Gasteiger partial charge in [-0.05, 0) is 90.8 Å². The maximum Gasteiger partial charge on any atom is 0.131 e. The summed E-state index contributed by atoms with van der Waals surface area (Å²) in [6.45, 7) is 2.26. The summed E-state index contributed by atoms with van der Waals surface area (Å²) in [5.74, 6) is 1.52. The van der Waals surface area contributed by atoms with Crippen molar-refractivity contribution < 1.29 is 4.39 Å². The Morgan fingerprint density at radius 1 is 0.686 bits per heavy atom. The Labute approximate surface area is 216 Å². The molecule has 3 aromatic carbocycles. The van der Waals surface area contributed by atoms with Crippen LogP contribution >= 0.6 is 11.6 Å². The Bertz CT molecular complexity index is 1030. The molecule has 0 atom stereocenters.